The third-order valence-corrected chi connectivity index (χ3v) is 3.62. The van der Waals surface area contributed by atoms with Crippen molar-refractivity contribution in [3.05, 3.63) is 47.2 Å². The zero-order valence-electron chi connectivity index (χ0n) is 13.9. The number of carbonyl (C=O) groups excluding carboxylic acids is 2. The average molecular weight is 350 g/mol. The van der Waals surface area contributed by atoms with Crippen LogP contribution in [0.5, 0.6) is 5.75 Å². The van der Waals surface area contributed by atoms with E-state index in [1.807, 2.05) is 32.9 Å². The first kappa shape index (κ1) is 18.0. The number of amides is 1. The monoisotopic (exact) mass is 349 g/mol. The largest absolute Gasteiger partial charge is 0.470 e. The van der Waals surface area contributed by atoms with E-state index in [0.717, 1.165) is 0 Å². The Balaban J connectivity index is 1.89. The van der Waals surface area contributed by atoms with Gasteiger partial charge in [-0.15, -0.1) is 0 Å². The van der Waals surface area contributed by atoms with Gasteiger partial charge in [-0.3, -0.25) is 9.59 Å². The molecule has 0 aliphatic heterocycles. The molecule has 1 heterocycles. The Morgan fingerprint density at radius 3 is 2.62 bits per heavy atom. The van der Waals surface area contributed by atoms with E-state index in [0.29, 0.717) is 10.8 Å². The van der Waals surface area contributed by atoms with E-state index in [4.69, 9.17) is 16.3 Å². The summed E-state index contributed by atoms with van der Waals surface area (Å²) in [5.74, 6) is 0.0953. The maximum absolute atomic E-state index is 12.0. The highest BCUT2D eigenvalue weighted by atomic mass is 35.5. The van der Waals surface area contributed by atoms with Crippen molar-refractivity contribution < 1.29 is 14.3 Å². The molecule has 2 aromatic rings. The zero-order valence-corrected chi connectivity index (χ0v) is 14.6. The van der Waals surface area contributed by atoms with E-state index in [-0.39, 0.29) is 24.8 Å². The van der Waals surface area contributed by atoms with Crippen molar-refractivity contribution in [1.82, 2.24) is 15.1 Å². The second-order valence-electron chi connectivity index (χ2n) is 6.30. The SMILES string of the molecule is CC(C)(C)C(=O)CNC(=O)c1ccn(COc2ccccc2Cl)n1. The lowest BCUT2D eigenvalue weighted by Crippen LogP contribution is -2.35. The summed E-state index contributed by atoms with van der Waals surface area (Å²) in [6.45, 7) is 5.52. The fourth-order valence-corrected chi connectivity index (χ4v) is 1.96. The molecule has 128 valence electrons. The Morgan fingerprint density at radius 2 is 1.96 bits per heavy atom. The number of aromatic nitrogens is 2. The van der Waals surface area contributed by atoms with Gasteiger partial charge in [0.25, 0.3) is 5.91 Å². The molecule has 0 bridgehead atoms. The molecule has 0 atom stereocenters. The second-order valence-corrected chi connectivity index (χ2v) is 6.71. The minimum atomic E-state index is -0.491. The zero-order chi connectivity index (χ0) is 17.7. The first-order valence-corrected chi connectivity index (χ1v) is 7.87. The lowest BCUT2D eigenvalue weighted by Gasteiger charge is -2.16. The number of nitrogens with zero attached hydrogens (tertiary/aromatic N) is 2. The van der Waals surface area contributed by atoms with Crippen molar-refractivity contribution in [1.29, 1.82) is 0 Å². The van der Waals surface area contributed by atoms with Crippen molar-refractivity contribution in [3.8, 4) is 5.75 Å². The predicted octanol–water partition coefficient (Wildman–Crippen LogP) is 2.92. The quantitative estimate of drug-likeness (QED) is 0.870. The maximum atomic E-state index is 12.0. The van der Waals surface area contributed by atoms with Crippen LogP contribution in [0, 0.1) is 5.41 Å². The van der Waals surface area contributed by atoms with Gasteiger partial charge < -0.3 is 10.1 Å². The fraction of sp³-hybridized carbons (Fsp3) is 0.353. The number of para-hydroxylation sites is 1. The molecular weight excluding hydrogens is 330 g/mol. The van der Waals surface area contributed by atoms with Crippen LogP contribution in [-0.4, -0.2) is 28.0 Å². The topological polar surface area (TPSA) is 73.2 Å². The molecule has 0 saturated carbocycles. The van der Waals surface area contributed by atoms with Crippen molar-refractivity contribution in [2.24, 2.45) is 5.41 Å². The summed E-state index contributed by atoms with van der Waals surface area (Å²) in [5, 5.41) is 7.20. The Kier molecular flexibility index (Phi) is 5.62. The van der Waals surface area contributed by atoms with Crippen LogP contribution in [0.1, 0.15) is 31.3 Å². The number of rotatable bonds is 6. The van der Waals surface area contributed by atoms with Gasteiger partial charge in [-0.1, -0.05) is 44.5 Å². The van der Waals surface area contributed by atoms with Gasteiger partial charge in [-0.05, 0) is 18.2 Å². The number of hydrogen-bond acceptors (Lipinski definition) is 4. The number of ether oxygens (including phenoxy) is 1. The summed E-state index contributed by atoms with van der Waals surface area (Å²) in [6.07, 6.45) is 1.62. The number of Topliss-reactive ketones (excluding diaryl/α,β-unsaturated/α-hetero) is 1. The predicted molar refractivity (Wildman–Crippen MR) is 91.1 cm³/mol. The van der Waals surface area contributed by atoms with Crippen LogP contribution >= 0.6 is 11.6 Å². The summed E-state index contributed by atoms with van der Waals surface area (Å²) in [6, 6.07) is 8.66. The number of nitrogens with one attached hydrogen (secondary N) is 1. The van der Waals surface area contributed by atoms with Crippen molar-refractivity contribution in [2.45, 2.75) is 27.5 Å². The van der Waals surface area contributed by atoms with Crippen LogP contribution < -0.4 is 10.1 Å². The van der Waals surface area contributed by atoms with Crippen molar-refractivity contribution >= 4 is 23.3 Å². The number of ketones is 1. The summed E-state index contributed by atoms with van der Waals surface area (Å²) < 4.78 is 7.02. The lowest BCUT2D eigenvalue weighted by atomic mass is 9.91. The molecule has 0 aliphatic carbocycles. The molecule has 0 saturated heterocycles. The van der Waals surface area contributed by atoms with Gasteiger partial charge in [0.1, 0.15) is 11.4 Å². The summed E-state index contributed by atoms with van der Waals surface area (Å²) in [5.41, 5.74) is -0.269. The highest BCUT2D eigenvalue weighted by Crippen LogP contribution is 2.23. The van der Waals surface area contributed by atoms with E-state index < -0.39 is 11.3 Å². The third kappa shape index (κ3) is 4.83. The van der Waals surface area contributed by atoms with Gasteiger partial charge in [-0.25, -0.2) is 4.68 Å². The smallest absolute Gasteiger partial charge is 0.272 e. The molecule has 0 spiro atoms. The van der Waals surface area contributed by atoms with Crippen LogP contribution in [-0.2, 0) is 11.5 Å². The van der Waals surface area contributed by atoms with Crippen LogP contribution in [0.2, 0.25) is 5.02 Å². The molecule has 0 fully saturated rings. The molecule has 1 N–H and O–H groups in total. The van der Waals surface area contributed by atoms with Gasteiger partial charge in [0.15, 0.2) is 12.5 Å². The standard InChI is InChI=1S/C17H20ClN3O3/c1-17(2,3)15(22)10-19-16(23)13-8-9-21(20-13)11-24-14-7-5-4-6-12(14)18/h4-9H,10-11H2,1-3H3,(H,19,23). The van der Waals surface area contributed by atoms with E-state index >= 15 is 0 Å². The summed E-state index contributed by atoms with van der Waals surface area (Å²) in [7, 11) is 0. The van der Waals surface area contributed by atoms with Crippen molar-refractivity contribution in [2.75, 3.05) is 6.54 Å². The van der Waals surface area contributed by atoms with Gasteiger partial charge in [0.2, 0.25) is 0 Å². The molecule has 1 amide bonds. The van der Waals surface area contributed by atoms with Crippen molar-refractivity contribution in [3.63, 3.8) is 0 Å². The molecule has 0 aliphatic rings. The number of hydrogen-bond donors (Lipinski definition) is 1. The highest BCUT2D eigenvalue weighted by Gasteiger charge is 2.22. The molecular formula is C17H20ClN3O3. The number of carbonyl (C=O) groups is 2. The van der Waals surface area contributed by atoms with Crippen LogP contribution in [0.3, 0.4) is 0 Å². The normalized spacial score (nSPS) is 11.2. The molecule has 1 aromatic heterocycles. The van der Waals surface area contributed by atoms with E-state index in [1.165, 1.54) is 4.68 Å². The minimum Gasteiger partial charge on any atom is -0.470 e. The van der Waals surface area contributed by atoms with Crippen LogP contribution in [0.4, 0.5) is 0 Å². The molecule has 7 heteroatoms. The molecule has 2 rings (SSSR count). The molecule has 0 unspecified atom stereocenters. The van der Waals surface area contributed by atoms with Gasteiger partial charge in [-0.2, -0.15) is 5.10 Å². The lowest BCUT2D eigenvalue weighted by molar-refractivity contribution is -0.125. The highest BCUT2D eigenvalue weighted by molar-refractivity contribution is 6.32. The van der Waals surface area contributed by atoms with E-state index in [9.17, 15) is 9.59 Å². The molecule has 0 radical (unpaired) electrons. The van der Waals surface area contributed by atoms with Crippen LogP contribution in [0.25, 0.3) is 0 Å². The first-order valence-electron chi connectivity index (χ1n) is 7.49. The van der Waals surface area contributed by atoms with Crippen LogP contribution in [0.15, 0.2) is 36.5 Å². The van der Waals surface area contributed by atoms with Gasteiger partial charge in [0, 0.05) is 11.6 Å². The average Bonchev–Trinajstić information content (AvgIpc) is 2.99. The Labute approximate surface area is 145 Å². The number of benzene rings is 1. The number of halogens is 1. The fourth-order valence-electron chi connectivity index (χ4n) is 1.77. The molecule has 1 aromatic carbocycles. The summed E-state index contributed by atoms with van der Waals surface area (Å²) >= 11 is 6.00. The van der Waals surface area contributed by atoms with E-state index in [2.05, 4.69) is 10.4 Å². The third-order valence-electron chi connectivity index (χ3n) is 3.31. The van der Waals surface area contributed by atoms with Gasteiger partial charge in [0.05, 0.1) is 11.6 Å². The molecule has 24 heavy (non-hydrogen) atoms. The Morgan fingerprint density at radius 1 is 1.25 bits per heavy atom. The Bertz CT molecular complexity index is 735. The minimum absolute atomic E-state index is 0.0225. The van der Waals surface area contributed by atoms with E-state index in [1.54, 1.807) is 24.4 Å². The second kappa shape index (κ2) is 7.49. The molecule has 6 nitrogen and oxygen atoms in total. The Hall–Kier alpha value is -2.34. The summed E-state index contributed by atoms with van der Waals surface area (Å²) in [4.78, 5) is 23.8. The van der Waals surface area contributed by atoms with Gasteiger partial charge >= 0.3 is 0 Å². The first-order chi connectivity index (χ1) is 11.3. The maximum Gasteiger partial charge on any atom is 0.272 e.